The van der Waals surface area contributed by atoms with Crippen LogP contribution in [-0.2, 0) is 17.9 Å². The topological polar surface area (TPSA) is 65.4 Å². The van der Waals surface area contributed by atoms with Gasteiger partial charge in [-0.05, 0) is 36.6 Å². The van der Waals surface area contributed by atoms with Crippen LogP contribution in [0.3, 0.4) is 0 Å². The van der Waals surface area contributed by atoms with Crippen LogP contribution in [0, 0.1) is 12.3 Å². The number of hydrogen-bond acceptors (Lipinski definition) is 3. The largest absolute Gasteiger partial charge is 0.497 e. The molecule has 0 saturated carbocycles. The van der Waals surface area contributed by atoms with Crippen molar-refractivity contribution >= 4 is 11.7 Å². The summed E-state index contributed by atoms with van der Waals surface area (Å²) in [6.45, 7) is 3.16. The molecule has 0 radical (unpaired) electrons. The molecule has 0 bridgehead atoms. The molecule has 1 amide bonds. The Morgan fingerprint density at radius 3 is 2.46 bits per heavy atom. The first-order valence-electron chi connectivity index (χ1n) is 8.87. The van der Waals surface area contributed by atoms with Gasteiger partial charge in [-0.1, -0.05) is 42.0 Å². The highest BCUT2D eigenvalue weighted by Gasteiger charge is 2.33. The van der Waals surface area contributed by atoms with Gasteiger partial charge in [-0.25, -0.2) is 0 Å². The van der Waals surface area contributed by atoms with Crippen molar-refractivity contribution in [3.63, 3.8) is 0 Å². The number of rotatable bonds is 6. The molecule has 1 saturated heterocycles. The van der Waals surface area contributed by atoms with Gasteiger partial charge in [-0.3, -0.25) is 10.2 Å². The van der Waals surface area contributed by atoms with E-state index < -0.39 is 0 Å². The molecular formula is C21H25N3O2. The Morgan fingerprint density at radius 1 is 1.15 bits per heavy atom. The maximum absolute atomic E-state index is 12.3. The first kappa shape index (κ1) is 18.0. The third kappa shape index (κ3) is 4.23. The predicted molar refractivity (Wildman–Crippen MR) is 102 cm³/mol. The van der Waals surface area contributed by atoms with Gasteiger partial charge in [0.25, 0.3) is 0 Å². The van der Waals surface area contributed by atoms with Crippen LogP contribution in [0.4, 0.5) is 0 Å². The lowest BCUT2D eigenvalue weighted by atomic mass is 10.1. The summed E-state index contributed by atoms with van der Waals surface area (Å²) in [4.78, 5) is 14.1. The van der Waals surface area contributed by atoms with Gasteiger partial charge in [0, 0.05) is 19.5 Å². The van der Waals surface area contributed by atoms with E-state index in [0.717, 1.165) is 16.9 Å². The summed E-state index contributed by atoms with van der Waals surface area (Å²) in [5.41, 5.74) is 3.37. The van der Waals surface area contributed by atoms with Crippen molar-refractivity contribution in [2.45, 2.75) is 38.9 Å². The van der Waals surface area contributed by atoms with Gasteiger partial charge in [-0.15, -0.1) is 0 Å². The van der Waals surface area contributed by atoms with Crippen molar-refractivity contribution in [1.82, 2.24) is 10.2 Å². The molecule has 1 fully saturated rings. The molecule has 2 aromatic carbocycles. The molecule has 0 spiro atoms. The quantitative estimate of drug-likeness (QED) is 0.620. The molecule has 2 aromatic rings. The third-order valence-electron chi connectivity index (χ3n) is 4.78. The van der Waals surface area contributed by atoms with Gasteiger partial charge in [-0.2, -0.15) is 0 Å². The molecule has 0 aliphatic carbocycles. The molecule has 1 unspecified atom stereocenters. The van der Waals surface area contributed by atoms with Crippen LogP contribution in [0.25, 0.3) is 0 Å². The highest BCUT2D eigenvalue weighted by Crippen LogP contribution is 2.22. The van der Waals surface area contributed by atoms with Crippen molar-refractivity contribution in [3.05, 3.63) is 65.2 Å². The molecule has 0 aromatic heterocycles. The van der Waals surface area contributed by atoms with Crippen LogP contribution < -0.4 is 10.1 Å². The number of nitrogens with one attached hydrogen (secondary N) is 2. The lowest BCUT2D eigenvalue weighted by molar-refractivity contribution is -0.128. The fourth-order valence-corrected chi connectivity index (χ4v) is 3.18. The Kier molecular flexibility index (Phi) is 5.56. The number of hydrogen-bond donors (Lipinski definition) is 2. The Morgan fingerprint density at radius 2 is 1.81 bits per heavy atom. The second-order valence-corrected chi connectivity index (χ2v) is 6.68. The summed E-state index contributed by atoms with van der Waals surface area (Å²) in [7, 11) is 1.64. The number of nitrogens with zero attached hydrogens (tertiary/aromatic N) is 1. The smallest absolute Gasteiger partial charge is 0.223 e. The third-order valence-corrected chi connectivity index (χ3v) is 4.78. The second-order valence-electron chi connectivity index (χ2n) is 6.68. The first-order valence-corrected chi connectivity index (χ1v) is 8.87. The number of methoxy groups -OCH3 is 1. The van der Waals surface area contributed by atoms with E-state index in [1.54, 1.807) is 7.11 Å². The first-order chi connectivity index (χ1) is 12.6. The van der Waals surface area contributed by atoms with Gasteiger partial charge < -0.3 is 15.0 Å². The molecule has 3 rings (SSSR count). The van der Waals surface area contributed by atoms with Gasteiger partial charge in [0.05, 0.1) is 13.2 Å². The van der Waals surface area contributed by atoms with Crippen molar-refractivity contribution in [1.29, 1.82) is 5.41 Å². The highest BCUT2D eigenvalue weighted by molar-refractivity contribution is 5.92. The summed E-state index contributed by atoms with van der Waals surface area (Å²) < 4.78 is 5.16. The summed E-state index contributed by atoms with van der Waals surface area (Å²) in [5, 5.41) is 11.6. The Balaban J connectivity index is 1.61. The summed E-state index contributed by atoms with van der Waals surface area (Å²) >= 11 is 0. The van der Waals surface area contributed by atoms with E-state index in [9.17, 15) is 4.79 Å². The van der Waals surface area contributed by atoms with Gasteiger partial charge >= 0.3 is 0 Å². The Bertz CT molecular complexity index is 769. The van der Waals surface area contributed by atoms with E-state index in [1.807, 2.05) is 48.2 Å². The maximum Gasteiger partial charge on any atom is 0.223 e. The summed E-state index contributed by atoms with van der Waals surface area (Å²) in [6, 6.07) is 15.8. The van der Waals surface area contributed by atoms with Crippen LogP contribution in [0.5, 0.6) is 5.75 Å². The standard InChI is InChI=1S/C21H25N3O2/c1-15-3-5-17(6-4-15)14-24-19(11-12-20(24)25)21(22)23-13-16-7-9-18(26-2)10-8-16/h3-10,19H,11-14H2,1-2H3,(H2,22,23). The second kappa shape index (κ2) is 8.04. The number of carbonyl (C=O) groups is 1. The van der Waals surface area contributed by atoms with Gasteiger partial charge in [0.1, 0.15) is 11.6 Å². The molecule has 1 heterocycles. The van der Waals surface area contributed by atoms with Crippen LogP contribution in [0.1, 0.15) is 29.5 Å². The minimum absolute atomic E-state index is 0.117. The molecule has 2 N–H and O–H groups in total. The van der Waals surface area contributed by atoms with Crippen molar-refractivity contribution in [3.8, 4) is 5.75 Å². The summed E-state index contributed by atoms with van der Waals surface area (Å²) in [6.07, 6.45) is 1.20. The molecule has 26 heavy (non-hydrogen) atoms. The van der Waals surface area contributed by atoms with E-state index >= 15 is 0 Å². The molecule has 5 nitrogen and oxygen atoms in total. The van der Waals surface area contributed by atoms with Crippen molar-refractivity contribution in [2.24, 2.45) is 0 Å². The molecule has 5 heteroatoms. The summed E-state index contributed by atoms with van der Waals surface area (Å²) in [5.74, 6) is 1.33. The molecule has 136 valence electrons. The van der Waals surface area contributed by atoms with E-state index in [4.69, 9.17) is 10.1 Å². The van der Waals surface area contributed by atoms with E-state index in [0.29, 0.717) is 31.8 Å². The zero-order valence-corrected chi connectivity index (χ0v) is 15.3. The fourth-order valence-electron chi connectivity index (χ4n) is 3.18. The minimum atomic E-state index is -0.179. The normalized spacial score (nSPS) is 16.6. The van der Waals surface area contributed by atoms with Gasteiger partial charge in [0.15, 0.2) is 0 Å². The lowest BCUT2D eigenvalue weighted by Gasteiger charge is -2.26. The van der Waals surface area contributed by atoms with E-state index in [1.165, 1.54) is 5.56 Å². The number of amidine groups is 1. The maximum atomic E-state index is 12.3. The number of amides is 1. The number of aryl methyl sites for hydroxylation is 1. The van der Waals surface area contributed by atoms with Crippen LogP contribution in [0.2, 0.25) is 0 Å². The minimum Gasteiger partial charge on any atom is -0.497 e. The Labute approximate surface area is 154 Å². The predicted octanol–water partition coefficient (Wildman–Crippen LogP) is 3.26. The van der Waals surface area contributed by atoms with Crippen LogP contribution in [-0.4, -0.2) is 29.8 Å². The number of likely N-dealkylation sites (tertiary alicyclic amines) is 1. The van der Waals surface area contributed by atoms with Crippen molar-refractivity contribution < 1.29 is 9.53 Å². The van der Waals surface area contributed by atoms with Gasteiger partial charge in [0.2, 0.25) is 5.91 Å². The average molecular weight is 351 g/mol. The lowest BCUT2D eigenvalue weighted by Crippen LogP contribution is -2.43. The molecule has 1 aliphatic rings. The fraction of sp³-hybridized carbons (Fsp3) is 0.333. The van der Waals surface area contributed by atoms with E-state index in [-0.39, 0.29) is 11.9 Å². The zero-order chi connectivity index (χ0) is 18.5. The number of carbonyl (C=O) groups excluding carboxylic acids is 1. The van der Waals surface area contributed by atoms with E-state index in [2.05, 4.69) is 17.4 Å². The van der Waals surface area contributed by atoms with Crippen LogP contribution >= 0.6 is 0 Å². The SMILES string of the molecule is COc1ccc(CNC(=N)C2CCC(=O)N2Cc2ccc(C)cc2)cc1. The molecular weight excluding hydrogens is 326 g/mol. The number of ether oxygens (including phenoxy) is 1. The Hall–Kier alpha value is -2.82. The van der Waals surface area contributed by atoms with Crippen molar-refractivity contribution in [2.75, 3.05) is 7.11 Å². The number of benzene rings is 2. The highest BCUT2D eigenvalue weighted by atomic mass is 16.5. The van der Waals surface area contributed by atoms with Crippen LogP contribution in [0.15, 0.2) is 48.5 Å². The molecule has 1 atom stereocenters. The monoisotopic (exact) mass is 351 g/mol. The average Bonchev–Trinajstić information content (AvgIpc) is 3.02. The molecule has 1 aliphatic heterocycles. The zero-order valence-electron chi connectivity index (χ0n) is 15.3.